The quantitative estimate of drug-likeness (QED) is 0.332. The lowest BCUT2D eigenvalue weighted by atomic mass is 9.95. The lowest BCUT2D eigenvalue weighted by Gasteiger charge is -2.36. The van der Waals surface area contributed by atoms with Crippen molar-refractivity contribution in [3.8, 4) is 0 Å². The zero-order chi connectivity index (χ0) is 32.5. The highest BCUT2D eigenvalue weighted by molar-refractivity contribution is 5.94. The number of rotatable bonds is 11. The van der Waals surface area contributed by atoms with Crippen molar-refractivity contribution in [2.45, 2.75) is 105 Å². The van der Waals surface area contributed by atoms with E-state index in [1.54, 1.807) is 60.6 Å². The molecule has 43 heavy (non-hydrogen) atoms. The summed E-state index contributed by atoms with van der Waals surface area (Å²) in [6.45, 7) is 18.0. The van der Waals surface area contributed by atoms with Gasteiger partial charge in [-0.2, -0.15) is 0 Å². The third kappa shape index (κ3) is 11.0. The van der Waals surface area contributed by atoms with Gasteiger partial charge in [-0.05, 0) is 78.0 Å². The molecule has 3 atom stereocenters. The highest BCUT2D eigenvalue weighted by Crippen LogP contribution is 2.27. The number of benzene rings is 2. The van der Waals surface area contributed by atoms with E-state index in [1.807, 2.05) is 63.2 Å². The van der Waals surface area contributed by atoms with Crippen LogP contribution in [-0.4, -0.2) is 58.6 Å². The number of alkyl carbamates (subject to hydrolysis) is 1. The molecule has 0 heterocycles. The highest BCUT2D eigenvalue weighted by atomic mass is 16.6. The second-order valence-corrected chi connectivity index (χ2v) is 13.0. The van der Waals surface area contributed by atoms with Gasteiger partial charge in [-0.3, -0.25) is 9.59 Å². The Balaban J connectivity index is 2.53. The second-order valence-electron chi connectivity index (χ2n) is 13.0. The first-order chi connectivity index (χ1) is 19.9. The molecule has 0 aliphatic rings. The molecule has 2 aromatic rings. The van der Waals surface area contributed by atoms with Crippen LogP contribution in [0.3, 0.4) is 0 Å². The summed E-state index contributed by atoms with van der Waals surface area (Å²) < 4.78 is 11.1. The summed E-state index contributed by atoms with van der Waals surface area (Å²) in [5.74, 6) is -1.85. The fraction of sp³-hybridized carbons (Fsp3) is 0.529. The van der Waals surface area contributed by atoms with Gasteiger partial charge in [0.05, 0.1) is 0 Å². The van der Waals surface area contributed by atoms with Gasteiger partial charge >= 0.3 is 12.1 Å². The smallest absolute Gasteiger partial charge is 0.408 e. The Morgan fingerprint density at radius 2 is 1.37 bits per heavy atom. The zero-order valence-electron chi connectivity index (χ0n) is 27.3. The third-order valence-corrected chi connectivity index (χ3v) is 6.56. The summed E-state index contributed by atoms with van der Waals surface area (Å²) in [7, 11) is 0. The van der Waals surface area contributed by atoms with Gasteiger partial charge < -0.3 is 25.0 Å². The minimum absolute atomic E-state index is 0.167. The molecule has 0 saturated heterocycles. The Bertz CT molecular complexity index is 1250. The summed E-state index contributed by atoms with van der Waals surface area (Å²) in [4.78, 5) is 55.9. The molecule has 0 aliphatic carbocycles. The first-order valence-corrected chi connectivity index (χ1v) is 14.9. The third-order valence-electron chi connectivity index (χ3n) is 6.56. The molecule has 3 amide bonds. The number of nitrogens with one attached hydrogen (secondary N) is 2. The summed E-state index contributed by atoms with van der Waals surface area (Å²) in [6, 6.07) is 13.6. The van der Waals surface area contributed by atoms with Gasteiger partial charge in [-0.25, -0.2) is 9.59 Å². The van der Waals surface area contributed by atoms with Crippen molar-refractivity contribution >= 4 is 23.9 Å². The molecule has 0 aromatic heterocycles. The first kappa shape index (κ1) is 35.3. The average molecular weight is 596 g/mol. The van der Waals surface area contributed by atoms with Crippen LogP contribution in [-0.2, 0) is 30.3 Å². The molecule has 236 valence electrons. The molecule has 2 aromatic carbocycles. The molecule has 0 aliphatic heterocycles. The molecular formula is C34H49N3O6. The number of ether oxygens (including phenoxy) is 2. The van der Waals surface area contributed by atoms with Crippen LogP contribution in [0.4, 0.5) is 4.79 Å². The molecule has 2 N–H and O–H groups in total. The standard InChI is InChI=1S/C34H49N3O6/c1-11-37(30(39)27(22(2)3)36-32(41)43-34(8,9)10)28(25-20-16-15-17-23(25)4)29(38)35-26(31(40)42-33(5,6)7)21-24-18-13-12-14-19-24/h12-20,22,26-28H,11,21H2,1-10H3,(H,35,38)(H,36,41). The van der Waals surface area contributed by atoms with E-state index in [4.69, 9.17) is 9.47 Å². The lowest BCUT2D eigenvalue weighted by molar-refractivity contribution is -0.159. The van der Waals surface area contributed by atoms with Crippen molar-refractivity contribution in [1.82, 2.24) is 15.5 Å². The summed E-state index contributed by atoms with van der Waals surface area (Å²) in [5, 5.41) is 5.61. The Kier molecular flexibility index (Phi) is 12.3. The van der Waals surface area contributed by atoms with Crippen LogP contribution in [0.5, 0.6) is 0 Å². The number of amides is 3. The topological polar surface area (TPSA) is 114 Å². The van der Waals surface area contributed by atoms with Crippen molar-refractivity contribution in [3.63, 3.8) is 0 Å². The molecule has 9 heteroatoms. The van der Waals surface area contributed by atoms with Crippen LogP contribution < -0.4 is 10.6 Å². The molecule has 0 spiro atoms. The van der Waals surface area contributed by atoms with E-state index in [1.165, 1.54) is 4.90 Å². The fourth-order valence-electron chi connectivity index (χ4n) is 4.60. The van der Waals surface area contributed by atoms with Crippen LogP contribution in [0.1, 0.15) is 85.0 Å². The lowest BCUT2D eigenvalue weighted by Crippen LogP contribution is -2.56. The van der Waals surface area contributed by atoms with Crippen molar-refractivity contribution in [2.75, 3.05) is 6.54 Å². The van der Waals surface area contributed by atoms with E-state index in [-0.39, 0.29) is 18.9 Å². The van der Waals surface area contributed by atoms with E-state index in [2.05, 4.69) is 10.6 Å². The normalized spacial score (nSPS) is 13.8. The minimum Gasteiger partial charge on any atom is -0.458 e. The predicted octanol–water partition coefficient (Wildman–Crippen LogP) is 5.50. The molecule has 0 saturated carbocycles. The zero-order valence-corrected chi connectivity index (χ0v) is 27.3. The van der Waals surface area contributed by atoms with E-state index in [0.717, 1.165) is 11.1 Å². The largest absolute Gasteiger partial charge is 0.458 e. The number of aryl methyl sites for hydroxylation is 1. The molecule has 0 radical (unpaired) electrons. The van der Waals surface area contributed by atoms with Crippen LogP contribution in [0, 0.1) is 12.8 Å². The maximum Gasteiger partial charge on any atom is 0.408 e. The molecular weight excluding hydrogens is 546 g/mol. The Morgan fingerprint density at radius 1 is 0.814 bits per heavy atom. The monoisotopic (exact) mass is 595 g/mol. The van der Waals surface area contributed by atoms with Crippen molar-refractivity contribution < 1.29 is 28.7 Å². The van der Waals surface area contributed by atoms with E-state index in [0.29, 0.717) is 5.56 Å². The summed E-state index contributed by atoms with van der Waals surface area (Å²) in [5.41, 5.74) is 0.730. The first-order valence-electron chi connectivity index (χ1n) is 14.9. The Labute approximate surface area is 256 Å². The fourth-order valence-corrected chi connectivity index (χ4v) is 4.60. The molecule has 0 bridgehead atoms. The van der Waals surface area contributed by atoms with Crippen molar-refractivity contribution in [2.24, 2.45) is 5.92 Å². The SMILES string of the molecule is CCN(C(=O)C(NC(=O)OC(C)(C)C)C(C)C)C(C(=O)NC(Cc1ccccc1)C(=O)OC(C)(C)C)c1ccccc1C. The highest BCUT2D eigenvalue weighted by Gasteiger charge is 2.39. The number of likely N-dealkylation sites (N-methyl/N-ethyl adjacent to an activating group) is 1. The van der Waals surface area contributed by atoms with E-state index in [9.17, 15) is 19.2 Å². The van der Waals surface area contributed by atoms with Gasteiger partial charge in [0, 0.05) is 13.0 Å². The van der Waals surface area contributed by atoms with Gasteiger partial charge in [-0.15, -0.1) is 0 Å². The Morgan fingerprint density at radius 3 is 1.88 bits per heavy atom. The number of carbonyl (C=O) groups excluding carboxylic acids is 4. The van der Waals surface area contributed by atoms with Gasteiger partial charge in [0.2, 0.25) is 11.8 Å². The predicted molar refractivity (Wildman–Crippen MR) is 167 cm³/mol. The number of esters is 1. The number of nitrogens with zero attached hydrogens (tertiary/aromatic N) is 1. The van der Waals surface area contributed by atoms with Gasteiger partial charge in [-0.1, -0.05) is 68.4 Å². The molecule has 0 fully saturated rings. The maximum absolute atomic E-state index is 14.2. The van der Waals surface area contributed by atoms with Crippen LogP contribution >= 0.6 is 0 Å². The second kappa shape index (κ2) is 15.0. The summed E-state index contributed by atoms with van der Waals surface area (Å²) in [6.07, 6.45) is -0.517. The summed E-state index contributed by atoms with van der Waals surface area (Å²) >= 11 is 0. The number of carbonyl (C=O) groups is 4. The van der Waals surface area contributed by atoms with Crippen LogP contribution in [0.2, 0.25) is 0 Å². The average Bonchev–Trinajstić information content (AvgIpc) is 2.88. The molecule has 2 rings (SSSR count). The van der Waals surface area contributed by atoms with E-state index >= 15 is 0 Å². The number of hydrogen-bond acceptors (Lipinski definition) is 6. The molecule has 3 unspecified atom stereocenters. The Hall–Kier alpha value is -3.88. The van der Waals surface area contributed by atoms with Gasteiger partial charge in [0.15, 0.2) is 0 Å². The van der Waals surface area contributed by atoms with Gasteiger partial charge in [0.1, 0.15) is 29.3 Å². The maximum atomic E-state index is 14.2. The van der Waals surface area contributed by atoms with E-state index < -0.39 is 53.2 Å². The number of hydrogen-bond donors (Lipinski definition) is 2. The molecule has 9 nitrogen and oxygen atoms in total. The van der Waals surface area contributed by atoms with Crippen LogP contribution in [0.25, 0.3) is 0 Å². The minimum atomic E-state index is -1.08. The van der Waals surface area contributed by atoms with Crippen LogP contribution in [0.15, 0.2) is 54.6 Å². The van der Waals surface area contributed by atoms with Gasteiger partial charge in [0.25, 0.3) is 0 Å². The van der Waals surface area contributed by atoms with Crippen molar-refractivity contribution in [3.05, 3.63) is 71.3 Å². The van der Waals surface area contributed by atoms with Crippen molar-refractivity contribution in [1.29, 1.82) is 0 Å².